The van der Waals surface area contributed by atoms with Crippen molar-refractivity contribution >= 4 is 11.5 Å². The van der Waals surface area contributed by atoms with Gasteiger partial charge in [-0.05, 0) is 48.9 Å². The summed E-state index contributed by atoms with van der Waals surface area (Å²) in [5, 5.41) is 0. The third kappa shape index (κ3) is 2.68. The van der Waals surface area contributed by atoms with Crippen LogP contribution in [-0.2, 0) is 4.79 Å². The molecule has 0 heterocycles. The van der Waals surface area contributed by atoms with E-state index in [1.165, 1.54) is 16.8 Å². The normalized spacial score (nSPS) is 17.2. The van der Waals surface area contributed by atoms with Crippen molar-refractivity contribution in [2.75, 3.05) is 19.0 Å². The molecule has 17 heavy (non-hydrogen) atoms. The Morgan fingerprint density at radius 2 is 1.82 bits per heavy atom. The van der Waals surface area contributed by atoms with Crippen LogP contribution in [0.5, 0.6) is 0 Å². The Kier molecular flexibility index (Phi) is 3.51. The predicted octanol–water partition coefficient (Wildman–Crippen LogP) is 3.29. The zero-order chi connectivity index (χ0) is 12.4. The van der Waals surface area contributed by atoms with Gasteiger partial charge in [0.25, 0.3) is 0 Å². The summed E-state index contributed by atoms with van der Waals surface area (Å²) in [7, 11) is 4.13. The van der Waals surface area contributed by atoms with Gasteiger partial charge in [-0.2, -0.15) is 0 Å². The molecule has 1 fully saturated rings. The maximum absolute atomic E-state index is 11.3. The van der Waals surface area contributed by atoms with Crippen LogP contribution in [0.25, 0.3) is 0 Å². The molecule has 0 aliphatic heterocycles. The van der Waals surface area contributed by atoms with E-state index in [0.29, 0.717) is 11.7 Å². The van der Waals surface area contributed by atoms with Gasteiger partial charge in [0.1, 0.15) is 5.78 Å². The highest BCUT2D eigenvalue weighted by molar-refractivity contribution is 5.79. The Balaban J connectivity index is 2.19. The van der Waals surface area contributed by atoms with Crippen molar-refractivity contribution < 1.29 is 4.79 Å². The molecule has 0 atom stereocenters. The Bertz CT molecular complexity index is 413. The second kappa shape index (κ2) is 4.91. The quantitative estimate of drug-likeness (QED) is 0.778. The number of hydrogen-bond acceptors (Lipinski definition) is 2. The molecule has 1 aromatic rings. The second-order valence-corrected chi connectivity index (χ2v) is 5.25. The number of Topliss-reactive ketones (excluding diaryl/α,β-unsaturated/α-hetero) is 1. The van der Waals surface area contributed by atoms with Crippen LogP contribution in [0.15, 0.2) is 18.2 Å². The van der Waals surface area contributed by atoms with Crippen molar-refractivity contribution in [3.05, 3.63) is 29.3 Å². The second-order valence-electron chi connectivity index (χ2n) is 5.25. The van der Waals surface area contributed by atoms with Crippen molar-refractivity contribution in [2.45, 2.75) is 38.5 Å². The first kappa shape index (κ1) is 12.2. The predicted molar refractivity (Wildman–Crippen MR) is 71.7 cm³/mol. The highest BCUT2D eigenvalue weighted by Gasteiger charge is 2.21. The highest BCUT2D eigenvalue weighted by Crippen LogP contribution is 2.34. The Hall–Kier alpha value is -1.31. The van der Waals surface area contributed by atoms with Gasteiger partial charge in [0.2, 0.25) is 0 Å². The molecule has 1 aromatic carbocycles. The number of carbonyl (C=O) groups excluding carboxylic acids is 1. The van der Waals surface area contributed by atoms with E-state index in [-0.39, 0.29) is 0 Å². The standard InChI is InChI=1S/C15H21NO/c1-11-10-13(16(2)3)6-9-15(11)12-4-7-14(17)8-5-12/h6,9-10,12H,4-5,7-8H2,1-3H3. The summed E-state index contributed by atoms with van der Waals surface area (Å²) in [6.07, 6.45) is 3.58. The van der Waals surface area contributed by atoms with Crippen molar-refractivity contribution in [2.24, 2.45) is 0 Å². The topological polar surface area (TPSA) is 20.3 Å². The average Bonchev–Trinajstić information content (AvgIpc) is 2.30. The summed E-state index contributed by atoms with van der Waals surface area (Å²) in [5.74, 6) is 1.02. The monoisotopic (exact) mass is 231 g/mol. The van der Waals surface area contributed by atoms with Crippen LogP contribution in [0.3, 0.4) is 0 Å². The zero-order valence-electron chi connectivity index (χ0n) is 11.0. The molecule has 0 aromatic heterocycles. The van der Waals surface area contributed by atoms with Gasteiger partial charge in [0, 0.05) is 32.6 Å². The van der Waals surface area contributed by atoms with E-state index in [4.69, 9.17) is 0 Å². The van der Waals surface area contributed by atoms with E-state index >= 15 is 0 Å². The summed E-state index contributed by atoms with van der Waals surface area (Å²) < 4.78 is 0. The molecular formula is C15H21NO. The van der Waals surface area contributed by atoms with Gasteiger partial charge in [0.05, 0.1) is 0 Å². The van der Waals surface area contributed by atoms with E-state index in [1.807, 2.05) is 0 Å². The fourth-order valence-electron chi connectivity index (χ4n) is 2.65. The lowest BCUT2D eigenvalue weighted by atomic mass is 9.82. The van der Waals surface area contributed by atoms with Crippen LogP contribution in [0, 0.1) is 6.92 Å². The largest absolute Gasteiger partial charge is 0.378 e. The number of benzene rings is 1. The molecule has 0 amide bonds. The Labute approximate surface area is 104 Å². The summed E-state index contributed by atoms with van der Waals surface area (Å²) in [5.41, 5.74) is 4.04. The lowest BCUT2D eigenvalue weighted by Crippen LogP contribution is -2.14. The first-order valence-electron chi connectivity index (χ1n) is 6.37. The number of ketones is 1. The summed E-state index contributed by atoms with van der Waals surface area (Å²) in [6, 6.07) is 6.66. The van der Waals surface area contributed by atoms with Crippen LogP contribution >= 0.6 is 0 Å². The minimum absolute atomic E-state index is 0.434. The third-order valence-electron chi connectivity index (χ3n) is 3.75. The third-order valence-corrected chi connectivity index (χ3v) is 3.75. The van der Waals surface area contributed by atoms with Crippen LogP contribution in [0.4, 0.5) is 5.69 Å². The Morgan fingerprint density at radius 3 is 2.35 bits per heavy atom. The van der Waals surface area contributed by atoms with Gasteiger partial charge < -0.3 is 4.90 Å². The van der Waals surface area contributed by atoms with E-state index < -0.39 is 0 Å². The number of carbonyl (C=O) groups is 1. The zero-order valence-corrected chi connectivity index (χ0v) is 11.0. The van der Waals surface area contributed by atoms with Crippen molar-refractivity contribution in [3.8, 4) is 0 Å². The fraction of sp³-hybridized carbons (Fsp3) is 0.533. The fourth-order valence-corrected chi connectivity index (χ4v) is 2.65. The highest BCUT2D eigenvalue weighted by atomic mass is 16.1. The van der Waals surface area contributed by atoms with Crippen molar-refractivity contribution in [3.63, 3.8) is 0 Å². The van der Waals surface area contributed by atoms with Gasteiger partial charge in [-0.15, -0.1) is 0 Å². The summed E-state index contributed by atoms with van der Waals surface area (Å²) >= 11 is 0. The minimum atomic E-state index is 0.434. The molecule has 0 saturated heterocycles. The van der Waals surface area contributed by atoms with E-state index in [1.54, 1.807) is 0 Å². The molecule has 0 spiro atoms. The molecule has 2 rings (SSSR count). The van der Waals surface area contributed by atoms with E-state index in [9.17, 15) is 4.79 Å². The first-order chi connectivity index (χ1) is 8.08. The van der Waals surface area contributed by atoms with Gasteiger partial charge in [-0.3, -0.25) is 4.79 Å². The number of anilines is 1. The molecule has 0 unspecified atom stereocenters. The van der Waals surface area contributed by atoms with Gasteiger partial charge >= 0.3 is 0 Å². The van der Waals surface area contributed by atoms with Crippen molar-refractivity contribution in [1.82, 2.24) is 0 Å². The lowest BCUT2D eigenvalue weighted by Gasteiger charge is -2.24. The smallest absolute Gasteiger partial charge is 0.132 e. The average molecular weight is 231 g/mol. The molecule has 0 bridgehead atoms. The summed E-state index contributed by atoms with van der Waals surface area (Å²) in [6.45, 7) is 2.18. The van der Waals surface area contributed by atoms with Crippen LogP contribution < -0.4 is 4.90 Å². The van der Waals surface area contributed by atoms with Crippen LogP contribution in [0.2, 0.25) is 0 Å². The molecule has 1 saturated carbocycles. The molecule has 2 heteroatoms. The molecule has 0 N–H and O–H groups in total. The van der Waals surface area contributed by atoms with Gasteiger partial charge in [0.15, 0.2) is 0 Å². The molecule has 0 radical (unpaired) electrons. The molecule has 92 valence electrons. The SMILES string of the molecule is Cc1cc(N(C)C)ccc1C1CCC(=O)CC1. The summed E-state index contributed by atoms with van der Waals surface area (Å²) in [4.78, 5) is 13.4. The number of rotatable bonds is 2. The lowest BCUT2D eigenvalue weighted by molar-refractivity contribution is -0.120. The number of aryl methyl sites for hydroxylation is 1. The van der Waals surface area contributed by atoms with Crippen LogP contribution in [-0.4, -0.2) is 19.9 Å². The molecular weight excluding hydrogens is 210 g/mol. The van der Waals surface area contributed by atoms with E-state index in [2.05, 4.69) is 44.1 Å². The molecule has 1 aliphatic carbocycles. The molecule has 2 nitrogen and oxygen atoms in total. The van der Waals surface area contributed by atoms with E-state index in [0.717, 1.165) is 25.7 Å². The maximum Gasteiger partial charge on any atom is 0.132 e. The van der Waals surface area contributed by atoms with Gasteiger partial charge in [-0.25, -0.2) is 0 Å². The first-order valence-corrected chi connectivity index (χ1v) is 6.37. The number of nitrogens with zero attached hydrogens (tertiary/aromatic N) is 1. The van der Waals surface area contributed by atoms with Gasteiger partial charge in [-0.1, -0.05) is 6.07 Å². The maximum atomic E-state index is 11.3. The van der Waals surface area contributed by atoms with Crippen molar-refractivity contribution in [1.29, 1.82) is 0 Å². The van der Waals surface area contributed by atoms with Crippen LogP contribution in [0.1, 0.15) is 42.7 Å². The number of hydrogen-bond donors (Lipinski definition) is 0. The Morgan fingerprint density at radius 1 is 1.18 bits per heavy atom. The molecule has 1 aliphatic rings. The minimum Gasteiger partial charge on any atom is -0.378 e.